The smallest absolute Gasteiger partial charge is 0.212 e. The van der Waals surface area contributed by atoms with Crippen LogP contribution < -0.4 is 0 Å². The molecule has 1 aromatic heterocycles. The molecule has 2 aromatic rings. The highest BCUT2D eigenvalue weighted by atomic mass is 79.9. The summed E-state index contributed by atoms with van der Waals surface area (Å²) in [4.78, 5) is 16.2. The molecule has 1 heterocycles. The van der Waals surface area contributed by atoms with Crippen LogP contribution in [0.3, 0.4) is 0 Å². The predicted molar refractivity (Wildman–Crippen MR) is 71.6 cm³/mol. The Labute approximate surface area is 113 Å². The fourth-order valence-electron chi connectivity index (χ4n) is 1.42. The van der Waals surface area contributed by atoms with Crippen LogP contribution in [-0.2, 0) is 0 Å². The van der Waals surface area contributed by atoms with Gasteiger partial charge in [0.25, 0.3) is 0 Å². The molecule has 0 spiro atoms. The molecule has 0 N–H and O–H groups in total. The van der Waals surface area contributed by atoms with Gasteiger partial charge in [-0.1, -0.05) is 23.7 Å². The number of benzene rings is 1. The standard InChI is InChI=1S/C13H9BrClNO/c1-8-4-5-9(7-11(8)15)13(17)12-10(14)3-2-6-16-12/h2-7H,1H3. The predicted octanol–water partition coefficient (Wildman–Crippen LogP) is 4.04. The van der Waals surface area contributed by atoms with E-state index >= 15 is 0 Å². The number of ketones is 1. The van der Waals surface area contributed by atoms with Crippen LogP contribution in [0.25, 0.3) is 0 Å². The maximum atomic E-state index is 12.2. The summed E-state index contributed by atoms with van der Waals surface area (Å²) in [5.41, 5.74) is 1.88. The highest BCUT2D eigenvalue weighted by Crippen LogP contribution is 2.21. The number of carbonyl (C=O) groups is 1. The Morgan fingerprint density at radius 2 is 2.12 bits per heavy atom. The second kappa shape index (κ2) is 4.98. The molecule has 0 amide bonds. The molecule has 2 nitrogen and oxygen atoms in total. The van der Waals surface area contributed by atoms with Gasteiger partial charge in [-0.25, -0.2) is 0 Å². The Kier molecular flexibility index (Phi) is 3.60. The third kappa shape index (κ3) is 2.56. The summed E-state index contributed by atoms with van der Waals surface area (Å²) in [6.07, 6.45) is 1.59. The zero-order valence-electron chi connectivity index (χ0n) is 9.08. The molecule has 0 fully saturated rings. The zero-order valence-corrected chi connectivity index (χ0v) is 11.4. The molecule has 0 unspecified atom stereocenters. The van der Waals surface area contributed by atoms with Crippen molar-refractivity contribution in [1.29, 1.82) is 0 Å². The fourth-order valence-corrected chi connectivity index (χ4v) is 2.04. The molecule has 0 atom stereocenters. The minimum atomic E-state index is -0.139. The van der Waals surface area contributed by atoms with Gasteiger partial charge in [-0.2, -0.15) is 0 Å². The van der Waals surface area contributed by atoms with E-state index in [9.17, 15) is 4.79 Å². The first kappa shape index (κ1) is 12.3. The summed E-state index contributed by atoms with van der Waals surface area (Å²) < 4.78 is 0.682. The van der Waals surface area contributed by atoms with Gasteiger partial charge in [0, 0.05) is 21.3 Å². The first-order valence-electron chi connectivity index (χ1n) is 5.01. The Hall–Kier alpha value is -1.19. The molecule has 0 aliphatic carbocycles. The molecule has 4 heteroatoms. The summed E-state index contributed by atoms with van der Waals surface area (Å²) >= 11 is 9.31. The van der Waals surface area contributed by atoms with Gasteiger partial charge in [-0.05, 0) is 46.6 Å². The van der Waals surface area contributed by atoms with Gasteiger partial charge in [0.15, 0.2) is 0 Å². The van der Waals surface area contributed by atoms with E-state index in [1.165, 1.54) is 0 Å². The van der Waals surface area contributed by atoms with Crippen LogP contribution in [-0.4, -0.2) is 10.8 Å². The number of aromatic nitrogens is 1. The molecule has 0 saturated heterocycles. The average Bonchev–Trinajstić information content (AvgIpc) is 2.32. The van der Waals surface area contributed by atoms with E-state index in [-0.39, 0.29) is 5.78 Å². The highest BCUT2D eigenvalue weighted by Gasteiger charge is 2.14. The first-order chi connectivity index (χ1) is 8.09. The molecule has 0 aliphatic rings. The number of carbonyl (C=O) groups excluding carboxylic acids is 1. The zero-order chi connectivity index (χ0) is 12.4. The number of nitrogens with zero attached hydrogens (tertiary/aromatic N) is 1. The van der Waals surface area contributed by atoms with Crippen molar-refractivity contribution < 1.29 is 4.79 Å². The van der Waals surface area contributed by atoms with Crippen molar-refractivity contribution in [2.24, 2.45) is 0 Å². The molecule has 2 rings (SSSR count). The lowest BCUT2D eigenvalue weighted by Crippen LogP contribution is -2.05. The van der Waals surface area contributed by atoms with E-state index in [1.807, 2.05) is 13.0 Å². The summed E-state index contributed by atoms with van der Waals surface area (Å²) in [6.45, 7) is 1.90. The average molecular weight is 311 g/mol. The van der Waals surface area contributed by atoms with Crippen molar-refractivity contribution in [2.45, 2.75) is 6.92 Å². The largest absolute Gasteiger partial charge is 0.287 e. The van der Waals surface area contributed by atoms with Crippen molar-refractivity contribution >= 4 is 33.3 Å². The van der Waals surface area contributed by atoms with Crippen molar-refractivity contribution in [3.63, 3.8) is 0 Å². The Morgan fingerprint density at radius 3 is 2.76 bits per heavy atom. The van der Waals surface area contributed by atoms with Crippen LogP contribution >= 0.6 is 27.5 Å². The van der Waals surface area contributed by atoms with E-state index in [0.29, 0.717) is 20.8 Å². The molecular weight excluding hydrogens is 302 g/mol. The van der Waals surface area contributed by atoms with Crippen LogP contribution in [0.5, 0.6) is 0 Å². The number of aryl methyl sites for hydroxylation is 1. The second-order valence-corrected chi connectivity index (χ2v) is 4.89. The minimum absolute atomic E-state index is 0.139. The van der Waals surface area contributed by atoms with E-state index < -0.39 is 0 Å². The van der Waals surface area contributed by atoms with Crippen molar-refractivity contribution in [3.05, 3.63) is 62.8 Å². The number of halogens is 2. The summed E-state index contributed by atoms with van der Waals surface area (Å²) in [7, 11) is 0. The lowest BCUT2D eigenvalue weighted by atomic mass is 10.1. The third-order valence-corrected chi connectivity index (χ3v) is 3.45. The summed E-state index contributed by atoms with van der Waals surface area (Å²) in [6, 6.07) is 8.80. The Balaban J connectivity index is 2.44. The van der Waals surface area contributed by atoms with Crippen molar-refractivity contribution in [3.8, 4) is 0 Å². The first-order valence-corrected chi connectivity index (χ1v) is 6.18. The molecule has 0 saturated carbocycles. The van der Waals surface area contributed by atoms with Gasteiger partial charge in [0.05, 0.1) is 0 Å². The van der Waals surface area contributed by atoms with Gasteiger partial charge in [0.2, 0.25) is 5.78 Å². The molecule has 0 radical (unpaired) electrons. The van der Waals surface area contributed by atoms with Crippen LogP contribution in [0.4, 0.5) is 0 Å². The van der Waals surface area contributed by atoms with Crippen LogP contribution in [0, 0.1) is 6.92 Å². The minimum Gasteiger partial charge on any atom is -0.287 e. The highest BCUT2D eigenvalue weighted by molar-refractivity contribution is 9.10. The van der Waals surface area contributed by atoms with Crippen molar-refractivity contribution in [2.75, 3.05) is 0 Å². The quantitative estimate of drug-likeness (QED) is 0.784. The Bertz CT molecular complexity index is 583. The molecule has 1 aromatic carbocycles. The lowest BCUT2D eigenvalue weighted by Gasteiger charge is -2.04. The number of hydrogen-bond donors (Lipinski definition) is 0. The third-order valence-electron chi connectivity index (χ3n) is 2.41. The monoisotopic (exact) mass is 309 g/mol. The number of pyridine rings is 1. The van der Waals surface area contributed by atoms with E-state index in [0.717, 1.165) is 5.56 Å². The maximum Gasteiger partial charge on any atom is 0.212 e. The molecular formula is C13H9BrClNO. The molecule has 0 bridgehead atoms. The van der Waals surface area contributed by atoms with Crippen LogP contribution in [0.1, 0.15) is 21.6 Å². The van der Waals surface area contributed by atoms with Gasteiger partial charge < -0.3 is 0 Å². The Morgan fingerprint density at radius 1 is 1.35 bits per heavy atom. The summed E-state index contributed by atoms with van der Waals surface area (Å²) in [5.74, 6) is -0.139. The van der Waals surface area contributed by atoms with E-state index in [4.69, 9.17) is 11.6 Å². The second-order valence-electron chi connectivity index (χ2n) is 3.63. The van der Waals surface area contributed by atoms with Crippen LogP contribution in [0.2, 0.25) is 5.02 Å². The van der Waals surface area contributed by atoms with Gasteiger partial charge in [-0.3, -0.25) is 9.78 Å². The van der Waals surface area contributed by atoms with Gasteiger partial charge in [-0.15, -0.1) is 0 Å². The van der Waals surface area contributed by atoms with Gasteiger partial charge in [0.1, 0.15) is 5.69 Å². The summed E-state index contributed by atoms with van der Waals surface area (Å²) in [5, 5.41) is 0.586. The van der Waals surface area contributed by atoms with Crippen molar-refractivity contribution in [1.82, 2.24) is 4.98 Å². The topological polar surface area (TPSA) is 30.0 Å². The molecule has 86 valence electrons. The fraction of sp³-hybridized carbons (Fsp3) is 0.0769. The van der Waals surface area contributed by atoms with Gasteiger partial charge >= 0.3 is 0 Å². The molecule has 0 aliphatic heterocycles. The number of rotatable bonds is 2. The number of hydrogen-bond acceptors (Lipinski definition) is 2. The lowest BCUT2D eigenvalue weighted by molar-refractivity contribution is 0.103. The maximum absolute atomic E-state index is 12.2. The van der Waals surface area contributed by atoms with Crippen LogP contribution in [0.15, 0.2) is 41.0 Å². The SMILES string of the molecule is Cc1ccc(C(=O)c2ncccc2Br)cc1Cl. The van der Waals surface area contributed by atoms with E-state index in [1.54, 1.807) is 30.5 Å². The molecule has 17 heavy (non-hydrogen) atoms. The van der Waals surface area contributed by atoms with E-state index in [2.05, 4.69) is 20.9 Å². The normalized spacial score (nSPS) is 10.3.